The molecule has 94 valence electrons. The molecule has 0 radical (unpaired) electrons. The lowest BCUT2D eigenvalue weighted by Gasteiger charge is -2.28. The number of aldehydes is 1. The maximum Gasteiger partial charge on any atom is 0.127 e. The van der Waals surface area contributed by atoms with Crippen LogP contribution in [0.15, 0.2) is 0 Å². The van der Waals surface area contributed by atoms with Gasteiger partial charge in [-0.2, -0.15) is 0 Å². The molecule has 0 bridgehead atoms. The second-order valence-electron chi connectivity index (χ2n) is 5.58. The van der Waals surface area contributed by atoms with Crippen LogP contribution in [0.25, 0.3) is 0 Å². The molecular formula is C13H26N2O. The highest BCUT2D eigenvalue weighted by molar-refractivity contribution is 5.60. The Hall–Kier alpha value is -0.410. The van der Waals surface area contributed by atoms with Crippen molar-refractivity contribution in [3.8, 4) is 0 Å². The summed E-state index contributed by atoms with van der Waals surface area (Å²) in [6.07, 6.45) is 7.03. The van der Waals surface area contributed by atoms with Gasteiger partial charge in [-0.3, -0.25) is 0 Å². The Bertz CT molecular complexity index is 210. The van der Waals surface area contributed by atoms with Gasteiger partial charge in [-0.05, 0) is 53.5 Å². The van der Waals surface area contributed by atoms with Crippen molar-refractivity contribution < 1.29 is 4.79 Å². The molecule has 0 aromatic heterocycles. The summed E-state index contributed by atoms with van der Waals surface area (Å²) in [5.74, 6) is 0. The molecule has 0 atom stereocenters. The van der Waals surface area contributed by atoms with Crippen LogP contribution >= 0.6 is 0 Å². The van der Waals surface area contributed by atoms with E-state index in [0.29, 0.717) is 0 Å². The number of nitrogens with zero attached hydrogens (tertiary/aromatic N) is 2. The van der Waals surface area contributed by atoms with E-state index in [9.17, 15) is 4.79 Å². The van der Waals surface area contributed by atoms with Crippen molar-refractivity contribution in [2.24, 2.45) is 5.41 Å². The van der Waals surface area contributed by atoms with E-state index in [2.05, 4.69) is 30.9 Å². The van der Waals surface area contributed by atoms with Gasteiger partial charge < -0.3 is 14.6 Å². The molecule has 3 nitrogen and oxygen atoms in total. The first-order chi connectivity index (χ1) is 7.58. The van der Waals surface area contributed by atoms with E-state index in [-0.39, 0.29) is 5.41 Å². The SMILES string of the molecule is CN(C)CCCN(C)CC1(C=O)CCCC1. The fourth-order valence-corrected chi connectivity index (χ4v) is 2.67. The van der Waals surface area contributed by atoms with Crippen LogP contribution in [0.3, 0.4) is 0 Å². The predicted molar refractivity (Wildman–Crippen MR) is 67.6 cm³/mol. The highest BCUT2D eigenvalue weighted by Crippen LogP contribution is 2.36. The Balaban J connectivity index is 2.26. The molecule has 0 aliphatic heterocycles. The number of carbonyl (C=O) groups is 1. The second-order valence-corrected chi connectivity index (χ2v) is 5.58. The molecule has 1 saturated carbocycles. The fourth-order valence-electron chi connectivity index (χ4n) is 2.67. The minimum atomic E-state index is -0.0210. The van der Waals surface area contributed by atoms with Crippen LogP contribution in [0.1, 0.15) is 32.1 Å². The Morgan fingerprint density at radius 2 is 1.75 bits per heavy atom. The van der Waals surface area contributed by atoms with Gasteiger partial charge in [0, 0.05) is 12.0 Å². The zero-order chi connectivity index (χ0) is 12.0. The Morgan fingerprint density at radius 3 is 2.25 bits per heavy atom. The van der Waals surface area contributed by atoms with Crippen molar-refractivity contribution in [1.29, 1.82) is 0 Å². The lowest BCUT2D eigenvalue weighted by molar-refractivity contribution is -0.116. The average Bonchev–Trinajstić information content (AvgIpc) is 2.66. The molecule has 0 spiro atoms. The molecule has 0 aromatic carbocycles. The van der Waals surface area contributed by atoms with E-state index in [0.717, 1.165) is 32.5 Å². The van der Waals surface area contributed by atoms with E-state index in [4.69, 9.17) is 0 Å². The minimum absolute atomic E-state index is 0.0210. The van der Waals surface area contributed by atoms with Gasteiger partial charge in [-0.1, -0.05) is 12.8 Å². The first-order valence-corrected chi connectivity index (χ1v) is 6.38. The van der Waals surface area contributed by atoms with Gasteiger partial charge in [-0.15, -0.1) is 0 Å². The van der Waals surface area contributed by atoms with Crippen LogP contribution in [0.5, 0.6) is 0 Å². The lowest BCUT2D eigenvalue weighted by Crippen LogP contribution is -2.36. The molecule has 3 heteroatoms. The monoisotopic (exact) mass is 226 g/mol. The Labute approximate surface area is 99.8 Å². The highest BCUT2D eigenvalue weighted by Gasteiger charge is 2.34. The molecule has 0 unspecified atom stereocenters. The first-order valence-electron chi connectivity index (χ1n) is 6.38. The van der Waals surface area contributed by atoms with Crippen molar-refractivity contribution in [2.75, 3.05) is 40.8 Å². The Morgan fingerprint density at radius 1 is 1.12 bits per heavy atom. The molecule has 1 aliphatic carbocycles. The standard InChI is InChI=1S/C13H26N2O/c1-14(2)9-6-10-15(3)11-13(12-16)7-4-5-8-13/h12H,4-11H2,1-3H3. The average molecular weight is 226 g/mol. The van der Waals surface area contributed by atoms with Crippen molar-refractivity contribution in [3.63, 3.8) is 0 Å². The fraction of sp³-hybridized carbons (Fsp3) is 0.923. The first kappa shape index (κ1) is 13.7. The smallest absolute Gasteiger partial charge is 0.127 e. The maximum atomic E-state index is 11.2. The Kier molecular flexibility index (Phi) is 5.42. The van der Waals surface area contributed by atoms with Crippen LogP contribution < -0.4 is 0 Å². The molecular weight excluding hydrogens is 200 g/mol. The molecule has 1 rings (SSSR count). The third kappa shape index (κ3) is 4.22. The van der Waals surface area contributed by atoms with Crippen molar-refractivity contribution in [3.05, 3.63) is 0 Å². The van der Waals surface area contributed by atoms with Crippen molar-refractivity contribution in [1.82, 2.24) is 9.80 Å². The summed E-state index contributed by atoms with van der Waals surface area (Å²) >= 11 is 0. The van der Waals surface area contributed by atoms with Gasteiger partial charge in [0.15, 0.2) is 0 Å². The van der Waals surface area contributed by atoms with Crippen LogP contribution in [0.4, 0.5) is 0 Å². The van der Waals surface area contributed by atoms with Gasteiger partial charge in [-0.25, -0.2) is 0 Å². The highest BCUT2D eigenvalue weighted by atomic mass is 16.1. The summed E-state index contributed by atoms with van der Waals surface area (Å²) in [5, 5.41) is 0. The topological polar surface area (TPSA) is 23.6 Å². The molecule has 0 amide bonds. The summed E-state index contributed by atoms with van der Waals surface area (Å²) < 4.78 is 0. The van der Waals surface area contributed by atoms with E-state index in [1.807, 2.05) is 0 Å². The summed E-state index contributed by atoms with van der Waals surface area (Å²) in [6.45, 7) is 3.16. The van der Waals surface area contributed by atoms with Crippen molar-refractivity contribution in [2.45, 2.75) is 32.1 Å². The van der Waals surface area contributed by atoms with Gasteiger partial charge in [0.2, 0.25) is 0 Å². The van der Waals surface area contributed by atoms with Gasteiger partial charge in [0.25, 0.3) is 0 Å². The summed E-state index contributed by atoms with van der Waals surface area (Å²) in [4.78, 5) is 15.7. The van der Waals surface area contributed by atoms with E-state index in [1.165, 1.54) is 25.5 Å². The zero-order valence-electron chi connectivity index (χ0n) is 11.0. The number of hydrogen-bond acceptors (Lipinski definition) is 3. The quantitative estimate of drug-likeness (QED) is 0.616. The van der Waals surface area contributed by atoms with Crippen LogP contribution in [-0.2, 0) is 4.79 Å². The van der Waals surface area contributed by atoms with E-state index >= 15 is 0 Å². The van der Waals surface area contributed by atoms with Gasteiger partial charge >= 0.3 is 0 Å². The lowest BCUT2D eigenvalue weighted by atomic mass is 9.87. The van der Waals surface area contributed by atoms with Crippen LogP contribution in [0.2, 0.25) is 0 Å². The number of rotatable bonds is 7. The normalized spacial score (nSPS) is 19.6. The third-order valence-corrected chi connectivity index (χ3v) is 3.58. The van der Waals surface area contributed by atoms with Crippen LogP contribution in [0, 0.1) is 5.41 Å². The molecule has 0 aromatic rings. The molecule has 0 saturated heterocycles. The number of hydrogen-bond donors (Lipinski definition) is 0. The molecule has 1 aliphatic rings. The number of carbonyl (C=O) groups excluding carboxylic acids is 1. The van der Waals surface area contributed by atoms with E-state index in [1.54, 1.807) is 0 Å². The van der Waals surface area contributed by atoms with Gasteiger partial charge in [0.1, 0.15) is 6.29 Å². The zero-order valence-corrected chi connectivity index (χ0v) is 11.0. The van der Waals surface area contributed by atoms with Gasteiger partial charge in [0.05, 0.1) is 0 Å². The summed E-state index contributed by atoms with van der Waals surface area (Å²) in [6, 6.07) is 0. The second kappa shape index (κ2) is 6.36. The maximum absolute atomic E-state index is 11.2. The molecule has 0 N–H and O–H groups in total. The molecule has 16 heavy (non-hydrogen) atoms. The summed E-state index contributed by atoms with van der Waals surface area (Å²) in [5.41, 5.74) is -0.0210. The molecule has 0 heterocycles. The van der Waals surface area contributed by atoms with E-state index < -0.39 is 0 Å². The largest absolute Gasteiger partial charge is 0.309 e. The third-order valence-electron chi connectivity index (χ3n) is 3.58. The molecule has 1 fully saturated rings. The predicted octanol–water partition coefficient (Wildman–Crippen LogP) is 1.63. The van der Waals surface area contributed by atoms with Crippen molar-refractivity contribution >= 4 is 6.29 Å². The summed E-state index contributed by atoms with van der Waals surface area (Å²) in [7, 11) is 6.34. The minimum Gasteiger partial charge on any atom is -0.309 e. The van der Waals surface area contributed by atoms with Crippen LogP contribution in [-0.4, -0.2) is 56.9 Å².